The molecule has 2 aliphatic carbocycles. The average molecular weight is 277 g/mol. The second-order valence-electron chi connectivity index (χ2n) is 6.50. The summed E-state index contributed by atoms with van der Waals surface area (Å²) in [5.74, 6) is 0.740. The first-order valence-electron chi connectivity index (χ1n) is 7.85. The van der Waals surface area contributed by atoms with Crippen LogP contribution in [0.4, 0.5) is 0 Å². The molecule has 2 bridgehead atoms. The third-order valence-electron chi connectivity index (χ3n) is 5.20. The van der Waals surface area contributed by atoms with Crippen LogP contribution >= 0.6 is 0 Å². The number of hydrogen-bond acceptors (Lipinski definition) is 2. The van der Waals surface area contributed by atoms with Crippen LogP contribution in [0.5, 0.6) is 0 Å². The van der Waals surface area contributed by atoms with Gasteiger partial charge in [-0.25, -0.2) is 0 Å². The van der Waals surface area contributed by atoms with E-state index in [1.807, 2.05) is 4.90 Å². The first-order valence-corrected chi connectivity index (χ1v) is 7.85. The highest BCUT2D eigenvalue weighted by atomic mass is 16.4. The molecule has 0 aromatic heterocycles. The Hall–Kier alpha value is -1.32. The normalized spacial score (nSPS) is 35.5. The van der Waals surface area contributed by atoms with Crippen LogP contribution in [0.2, 0.25) is 0 Å². The number of piperidine rings is 1. The summed E-state index contributed by atoms with van der Waals surface area (Å²) in [6.45, 7) is 0.820. The summed E-state index contributed by atoms with van der Waals surface area (Å²) >= 11 is 0. The van der Waals surface area contributed by atoms with Crippen molar-refractivity contribution in [2.45, 2.75) is 51.0 Å². The second-order valence-corrected chi connectivity index (χ2v) is 6.50. The minimum Gasteiger partial charge on any atom is -0.481 e. The topological polar surface area (TPSA) is 57.6 Å². The van der Waals surface area contributed by atoms with Gasteiger partial charge in [-0.3, -0.25) is 9.59 Å². The van der Waals surface area contributed by atoms with Crippen molar-refractivity contribution in [2.75, 3.05) is 6.54 Å². The van der Waals surface area contributed by atoms with Crippen LogP contribution in [-0.2, 0) is 9.59 Å². The van der Waals surface area contributed by atoms with Gasteiger partial charge in [0.25, 0.3) is 0 Å². The molecule has 1 heterocycles. The SMILES string of the molecule is O=C(O)CCC1CCCCN1C(=O)C1CC2C=CC1C2. The van der Waals surface area contributed by atoms with Crippen LogP contribution in [0.3, 0.4) is 0 Å². The zero-order chi connectivity index (χ0) is 14.1. The molecule has 20 heavy (non-hydrogen) atoms. The number of carbonyl (C=O) groups is 2. The molecule has 4 atom stereocenters. The van der Waals surface area contributed by atoms with E-state index in [4.69, 9.17) is 5.11 Å². The van der Waals surface area contributed by atoms with Gasteiger partial charge in [-0.05, 0) is 50.4 Å². The summed E-state index contributed by atoms with van der Waals surface area (Å²) < 4.78 is 0. The largest absolute Gasteiger partial charge is 0.481 e. The maximum atomic E-state index is 12.8. The fourth-order valence-electron chi connectivity index (χ4n) is 4.16. The molecule has 0 spiro atoms. The van der Waals surface area contributed by atoms with E-state index in [1.165, 1.54) is 0 Å². The lowest BCUT2D eigenvalue weighted by Crippen LogP contribution is -2.47. The number of hydrogen-bond donors (Lipinski definition) is 1. The number of carbonyl (C=O) groups excluding carboxylic acids is 1. The van der Waals surface area contributed by atoms with Gasteiger partial charge in [-0.15, -0.1) is 0 Å². The average Bonchev–Trinajstić information content (AvgIpc) is 3.07. The molecule has 0 aromatic rings. The van der Waals surface area contributed by atoms with Crippen molar-refractivity contribution in [3.63, 3.8) is 0 Å². The van der Waals surface area contributed by atoms with Crippen LogP contribution in [0.1, 0.15) is 44.9 Å². The van der Waals surface area contributed by atoms with Gasteiger partial charge in [0.15, 0.2) is 0 Å². The standard InChI is InChI=1S/C16H23NO3/c18-15(19)7-6-13-3-1-2-8-17(13)16(20)14-10-11-4-5-12(14)9-11/h4-5,11-14H,1-3,6-10H2,(H,18,19). The molecule has 4 heteroatoms. The van der Waals surface area contributed by atoms with Crippen LogP contribution < -0.4 is 0 Å². The van der Waals surface area contributed by atoms with E-state index < -0.39 is 5.97 Å². The first-order chi connectivity index (χ1) is 9.65. The molecule has 0 radical (unpaired) electrons. The highest BCUT2D eigenvalue weighted by Crippen LogP contribution is 2.44. The Kier molecular flexibility index (Phi) is 3.81. The van der Waals surface area contributed by atoms with Gasteiger partial charge in [-0.2, -0.15) is 0 Å². The van der Waals surface area contributed by atoms with E-state index in [0.29, 0.717) is 18.3 Å². The van der Waals surface area contributed by atoms with Crippen molar-refractivity contribution in [2.24, 2.45) is 17.8 Å². The van der Waals surface area contributed by atoms with Crippen molar-refractivity contribution in [3.8, 4) is 0 Å². The number of amides is 1. The Morgan fingerprint density at radius 2 is 2.05 bits per heavy atom. The number of carboxylic acid groups (broad SMARTS) is 1. The monoisotopic (exact) mass is 277 g/mol. The fraction of sp³-hybridized carbons (Fsp3) is 0.750. The molecule has 110 valence electrons. The molecule has 0 aromatic carbocycles. The van der Waals surface area contributed by atoms with Crippen molar-refractivity contribution in [1.29, 1.82) is 0 Å². The Balaban J connectivity index is 1.65. The molecule has 3 aliphatic rings. The van der Waals surface area contributed by atoms with E-state index in [2.05, 4.69) is 12.2 Å². The molecule has 4 unspecified atom stereocenters. The minimum atomic E-state index is -0.758. The summed E-state index contributed by atoms with van der Waals surface area (Å²) in [4.78, 5) is 25.6. The van der Waals surface area contributed by atoms with Crippen LogP contribution in [0.25, 0.3) is 0 Å². The third-order valence-corrected chi connectivity index (χ3v) is 5.20. The number of carboxylic acids is 1. The lowest BCUT2D eigenvalue weighted by atomic mass is 9.89. The van der Waals surface area contributed by atoms with E-state index >= 15 is 0 Å². The minimum absolute atomic E-state index is 0.149. The maximum Gasteiger partial charge on any atom is 0.303 e. The van der Waals surface area contributed by atoms with Crippen molar-refractivity contribution >= 4 is 11.9 Å². The smallest absolute Gasteiger partial charge is 0.303 e. The van der Waals surface area contributed by atoms with Gasteiger partial charge in [0.2, 0.25) is 5.91 Å². The molecule has 1 N–H and O–H groups in total. The second kappa shape index (κ2) is 5.58. The van der Waals surface area contributed by atoms with Crippen LogP contribution in [0, 0.1) is 17.8 Å². The zero-order valence-electron chi connectivity index (χ0n) is 11.8. The molecule has 3 rings (SSSR count). The Morgan fingerprint density at radius 1 is 1.20 bits per heavy atom. The van der Waals surface area contributed by atoms with Crippen LogP contribution in [0.15, 0.2) is 12.2 Å². The van der Waals surface area contributed by atoms with E-state index in [0.717, 1.165) is 38.6 Å². The molecule has 1 saturated heterocycles. The number of fused-ring (bicyclic) bond motifs is 2. The fourth-order valence-corrected chi connectivity index (χ4v) is 4.16. The van der Waals surface area contributed by atoms with E-state index in [9.17, 15) is 9.59 Å². The maximum absolute atomic E-state index is 12.8. The molecular weight excluding hydrogens is 254 g/mol. The summed E-state index contributed by atoms with van der Waals surface area (Å²) in [6, 6.07) is 0.149. The first kappa shape index (κ1) is 13.7. The van der Waals surface area contributed by atoms with E-state index in [1.54, 1.807) is 0 Å². The Bertz CT molecular complexity index is 431. The lowest BCUT2D eigenvalue weighted by molar-refractivity contribution is -0.142. The number of rotatable bonds is 4. The highest BCUT2D eigenvalue weighted by Gasteiger charge is 2.42. The highest BCUT2D eigenvalue weighted by molar-refractivity contribution is 5.80. The predicted molar refractivity (Wildman–Crippen MR) is 75.1 cm³/mol. The number of allylic oxidation sites excluding steroid dienone is 2. The molecular formula is C16H23NO3. The van der Waals surface area contributed by atoms with Crippen LogP contribution in [-0.4, -0.2) is 34.5 Å². The molecule has 4 nitrogen and oxygen atoms in total. The molecule has 1 amide bonds. The molecule has 1 aliphatic heterocycles. The zero-order valence-corrected chi connectivity index (χ0v) is 11.8. The number of aliphatic carboxylic acids is 1. The summed E-state index contributed by atoms with van der Waals surface area (Å²) in [5.41, 5.74) is 0. The number of nitrogens with zero attached hydrogens (tertiary/aromatic N) is 1. The molecule has 1 saturated carbocycles. The third kappa shape index (κ3) is 2.60. The van der Waals surface area contributed by atoms with Crippen molar-refractivity contribution in [1.82, 2.24) is 4.90 Å². The van der Waals surface area contributed by atoms with Gasteiger partial charge >= 0.3 is 5.97 Å². The molecule has 2 fully saturated rings. The van der Waals surface area contributed by atoms with Crippen molar-refractivity contribution < 1.29 is 14.7 Å². The summed E-state index contributed by atoms with van der Waals surface area (Å²) in [7, 11) is 0. The van der Waals surface area contributed by atoms with Gasteiger partial charge in [0.1, 0.15) is 0 Å². The number of likely N-dealkylation sites (tertiary alicyclic amines) is 1. The van der Waals surface area contributed by atoms with Crippen molar-refractivity contribution in [3.05, 3.63) is 12.2 Å². The lowest BCUT2D eigenvalue weighted by Gasteiger charge is -2.38. The summed E-state index contributed by atoms with van der Waals surface area (Å²) in [5, 5.41) is 8.85. The van der Waals surface area contributed by atoms with E-state index in [-0.39, 0.29) is 24.3 Å². The van der Waals surface area contributed by atoms with Gasteiger partial charge in [-0.1, -0.05) is 12.2 Å². The quantitative estimate of drug-likeness (QED) is 0.803. The van der Waals surface area contributed by atoms with Gasteiger partial charge in [0.05, 0.1) is 0 Å². The predicted octanol–water partition coefficient (Wildman–Crippen LogP) is 2.44. The summed E-state index contributed by atoms with van der Waals surface area (Å²) in [6.07, 6.45) is 10.5. The van der Waals surface area contributed by atoms with Gasteiger partial charge in [0, 0.05) is 24.9 Å². The van der Waals surface area contributed by atoms with Gasteiger partial charge < -0.3 is 10.0 Å². The Morgan fingerprint density at radius 3 is 2.70 bits per heavy atom. The Labute approximate surface area is 119 Å².